The lowest BCUT2D eigenvalue weighted by Gasteiger charge is -2.05. The van der Waals surface area contributed by atoms with Crippen LogP contribution in [0.2, 0.25) is 0 Å². The van der Waals surface area contributed by atoms with Crippen LogP contribution in [0.25, 0.3) is 44.9 Å². The number of hydrogen-bond donors (Lipinski definition) is 0. The van der Waals surface area contributed by atoms with Gasteiger partial charge in [0.1, 0.15) is 0 Å². The molecule has 3 heterocycles. The van der Waals surface area contributed by atoms with E-state index >= 15 is 0 Å². The van der Waals surface area contributed by atoms with Gasteiger partial charge >= 0.3 is 0 Å². The molecule has 0 aliphatic carbocycles. The monoisotopic (exact) mass is 347 g/mol. The number of nitrogens with zero attached hydrogens (tertiary/aromatic N) is 3. The summed E-state index contributed by atoms with van der Waals surface area (Å²) in [5, 5.41) is 3.39. The van der Waals surface area contributed by atoms with Gasteiger partial charge in [-0.25, -0.2) is 9.97 Å². The maximum absolute atomic E-state index is 4.84. The molecule has 3 nitrogen and oxygen atoms in total. The topological polar surface area (TPSA) is 38.7 Å². The molecule has 0 aliphatic heterocycles. The van der Waals surface area contributed by atoms with Crippen molar-refractivity contribution in [3.63, 3.8) is 0 Å². The predicted octanol–water partition coefficient (Wildman–Crippen LogP) is 5.81. The molecule has 0 radical (unpaired) electrons. The minimum Gasteiger partial charge on any atom is -0.254 e. The summed E-state index contributed by atoms with van der Waals surface area (Å²) < 4.78 is 0. The van der Waals surface area contributed by atoms with Gasteiger partial charge in [0.15, 0.2) is 0 Å². The molecule has 0 aliphatic rings. The Labute approximate surface area is 157 Å². The number of aryl methyl sites for hydroxylation is 1. The van der Waals surface area contributed by atoms with Crippen molar-refractivity contribution in [2.24, 2.45) is 0 Å². The molecule has 0 unspecified atom stereocenters. The normalized spacial score (nSPS) is 11.7. The third-order valence-electron chi connectivity index (χ3n) is 4.85. The fourth-order valence-electron chi connectivity index (χ4n) is 3.39. The van der Waals surface area contributed by atoms with Crippen molar-refractivity contribution in [3.05, 3.63) is 89.9 Å². The Morgan fingerprint density at radius 2 is 1.41 bits per heavy atom. The van der Waals surface area contributed by atoms with Crippen LogP contribution in [0.4, 0.5) is 0 Å². The fourth-order valence-corrected chi connectivity index (χ4v) is 3.39. The molecule has 2 aromatic carbocycles. The van der Waals surface area contributed by atoms with Gasteiger partial charge < -0.3 is 0 Å². The summed E-state index contributed by atoms with van der Waals surface area (Å²) in [7, 11) is 0. The summed E-state index contributed by atoms with van der Waals surface area (Å²) in [5.74, 6) is 0. The van der Waals surface area contributed by atoms with Gasteiger partial charge in [0, 0.05) is 22.4 Å². The minimum atomic E-state index is 0.897. The Hall–Kier alpha value is -3.59. The maximum Gasteiger partial charge on any atom is 0.0971 e. The molecule has 0 bridgehead atoms. The molecule has 3 aromatic heterocycles. The van der Waals surface area contributed by atoms with Gasteiger partial charge in [-0.2, -0.15) is 0 Å². The quantitative estimate of drug-likeness (QED) is 0.378. The van der Waals surface area contributed by atoms with E-state index in [-0.39, 0.29) is 0 Å². The number of pyridine rings is 3. The maximum atomic E-state index is 4.84. The zero-order valence-electron chi connectivity index (χ0n) is 14.9. The van der Waals surface area contributed by atoms with E-state index in [1.165, 1.54) is 5.56 Å². The molecule has 5 aromatic rings. The first-order valence-corrected chi connectivity index (χ1v) is 8.97. The molecular formula is C24H17N3. The van der Waals surface area contributed by atoms with Crippen molar-refractivity contribution in [2.75, 3.05) is 0 Å². The molecule has 0 N–H and O–H groups in total. The van der Waals surface area contributed by atoms with Gasteiger partial charge in [-0.3, -0.25) is 4.98 Å². The van der Waals surface area contributed by atoms with E-state index in [9.17, 15) is 0 Å². The summed E-state index contributed by atoms with van der Waals surface area (Å²) in [5.41, 5.74) is 5.91. The van der Waals surface area contributed by atoms with Crippen molar-refractivity contribution in [3.8, 4) is 0 Å². The van der Waals surface area contributed by atoms with E-state index < -0.39 is 0 Å². The van der Waals surface area contributed by atoms with Gasteiger partial charge in [-0.1, -0.05) is 42.5 Å². The SMILES string of the molecule is Cc1ccnc2c1ccc1ccc(/C=C/c3ccc4ccccc4n3)nc12. The van der Waals surface area contributed by atoms with Crippen LogP contribution in [-0.4, -0.2) is 15.0 Å². The molecule has 128 valence electrons. The van der Waals surface area contributed by atoms with Crippen LogP contribution in [0.3, 0.4) is 0 Å². The Balaban J connectivity index is 1.58. The van der Waals surface area contributed by atoms with Crippen molar-refractivity contribution in [2.45, 2.75) is 6.92 Å². The summed E-state index contributed by atoms with van der Waals surface area (Å²) in [6.07, 6.45) is 5.86. The van der Waals surface area contributed by atoms with Crippen LogP contribution in [0.1, 0.15) is 17.0 Å². The second-order valence-electron chi connectivity index (χ2n) is 6.66. The van der Waals surface area contributed by atoms with Gasteiger partial charge in [0.05, 0.1) is 27.9 Å². The van der Waals surface area contributed by atoms with Gasteiger partial charge in [-0.05, 0) is 48.9 Å². The van der Waals surface area contributed by atoms with Crippen LogP contribution in [0, 0.1) is 6.92 Å². The third-order valence-corrected chi connectivity index (χ3v) is 4.85. The first-order chi connectivity index (χ1) is 13.3. The molecule has 0 fully saturated rings. The summed E-state index contributed by atoms with van der Waals surface area (Å²) in [6.45, 7) is 2.10. The first-order valence-electron chi connectivity index (χ1n) is 8.97. The van der Waals surface area contributed by atoms with E-state index in [0.29, 0.717) is 0 Å². The second kappa shape index (κ2) is 6.29. The van der Waals surface area contributed by atoms with Crippen LogP contribution in [-0.2, 0) is 0 Å². The fraction of sp³-hybridized carbons (Fsp3) is 0.0417. The number of aromatic nitrogens is 3. The number of hydrogen-bond acceptors (Lipinski definition) is 3. The summed E-state index contributed by atoms with van der Waals surface area (Å²) in [4.78, 5) is 14.1. The van der Waals surface area contributed by atoms with E-state index in [1.54, 1.807) is 0 Å². The molecule has 0 saturated heterocycles. The smallest absolute Gasteiger partial charge is 0.0971 e. The molecule has 5 rings (SSSR count). The molecule has 0 spiro atoms. The second-order valence-corrected chi connectivity index (χ2v) is 6.66. The number of rotatable bonds is 2. The minimum absolute atomic E-state index is 0.897. The van der Waals surface area contributed by atoms with Crippen molar-refractivity contribution >= 4 is 44.9 Å². The zero-order valence-corrected chi connectivity index (χ0v) is 14.9. The largest absolute Gasteiger partial charge is 0.254 e. The molecule has 0 atom stereocenters. The van der Waals surface area contributed by atoms with Gasteiger partial charge in [0.2, 0.25) is 0 Å². The highest BCUT2D eigenvalue weighted by molar-refractivity contribution is 6.04. The average molecular weight is 347 g/mol. The average Bonchev–Trinajstić information content (AvgIpc) is 2.72. The van der Waals surface area contributed by atoms with Gasteiger partial charge in [-0.15, -0.1) is 0 Å². The lowest BCUT2D eigenvalue weighted by Crippen LogP contribution is -1.89. The lowest BCUT2D eigenvalue weighted by atomic mass is 10.1. The standard InChI is InChI=1S/C24H17N3/c1-16-14-15-25-24-21(16)13-8-18-7-10-20(27-23(18)24)12-11-19-9-6-17-4-2-3-5-22(17)26-19/h2-15H,1H3/b12-11+. The third kappa shape index (κ3) is 2.83. The van der Waals surface area contributed by atoms with Crippen molar-refractivity contribution < 1.29 is 0 Å². The van der Waals surface area contributed by atoms with E-state index in [0.717, 1.165) is 44.1 Å². The summed E-state index contributed by atoms with van der Waals surface area (Å²) >= 11 is 0. The highest BCUT2D eigenvalue weighted by Crippen LogP contribution is 2.25. The Bertz CT molecular complexity index is 1340. The zero-order chi connectivity index (χ0) is 18.2. The number of benzene rings is 2. The van der Waals surface area contributed by atoms with Crippen molar-refractivity contribution in [1.29, 1.82) is 0 Å². The van der Waals surface area contributed by atoms with E-state index in [4.69, 9.17) is 4.98 Å². The molecule has 3 heteroatoms. The van der Waals surface area contributed by atoms with Gasteiger partial charge in [0.25, 0.3) is 0 Å². The Morgan fingerprint density at radius 3 is 2.30 bits per heavy atom. The highest BCUT2D eigenvalue weighted by atomic mass is 14.7. The highest BCUT2D eigenvalue weighted by Gasteiger charge is 2.05. The Morgan fingerprint density at radius 1 is 0.667 bits per heavy atom. The molecular weight excluding hydrogens is 330 g/mol. The number of para-hydroxylation sites is 1. The molecule has 27 heavy (non-hydrogen) atoms. The van der Waals surface area contributed by atoms with E-state index in [1.807, 2.05) is 54.7 Å². The van der Waals surface area contributed by atoms with Crippen LogP contribution >= 0.6 is 0 Å². The van der Waals surface area contributed by atoms with Crippen LogP contribution in [0.15, 0.2) is 72.9 Å². The van der Waals surface area contributed by atoms with Crippen LogP contribution < -0.4 is 0 Å². The van der Waals surface area contributed by atoms with Crippen molar-refractivity contribution in [1.82, 2.24) is 15.0 Å². The Kier molecular flexibility index (Phi) is 3.65. The summed E-state index contributed by atoms with van der Waals surface area (Å²) in [6, 6.07) is 22.6. The number of fused-ring (bicyclic) bond motifs is 4. The molecule has 0 saturated carbocycles. The first kappa shape index (κ1) is 15.6. The molecule has 0 amide bonds. The predicted molar refractivity (Wildman–Crippen MR) is 112 cm³/mol. The van der Waals surface area contributed by atoms with E-state index in [2.05, 4.69) is 47.2 Å². The lowest BCUT2D eigenvalue weighted by molar-refractivity contribution is 1.33. The van der Waals surface area contributed by atoms with Crippen LogP contribution in [0.5, 0.6) is 0 Å².